The Morgan fingerprint density at radius 3 is 2.24 bits per heavy atom. The SMILES string of the molecule is CCN1CCC(NS(=O)(=O)c2c(C)cc(F)cc2C)CC1. The van der Waals surface area contributed by atoms with Crippen LogP contribution in [-0.2, 0) is 10.0 Å². The molecule has 0 aromatic heterocycles. The standard InChI is InChI=1S/C15H23FN2O2S/c1-4-18-7-5-14(6-8-18)17-21(19,20)15-11(2)9-13(16)10-12(15)3/h9-10,14,17H,4-8H2,1-3H3. The van der Waals surface area contributed by atoms with Gasteiger partial charge in [-0.25, -0.2) is 17.5 Å². The van der Waals surface area contributed by atoms with Crippen LogP contribution >= 0.6 is 0 Å². The molecule has 1 N–H and O–H groups in total. The third-order valence-electron chi connectivity index (χ3n) is 4.05. The van der Waals surface area contributed by atoms with Crippen molar-refractivity contribution in [1.29, 1.82) is 0 Å². The molecule has 1 aliphatic heterocycles. The van der Waals surface area contributed by atoms with Crippen LogP contribution in [0.1, 0.15) is 30.9 Å². The van der Waals surface area contributed by atoms with Crippen LogP contribution in [0.4, 0.5) is 4.39 Å². The fourth-order valence-corrected chi connectivity index (χ4v) is 4.72. The van der Waals surface area contributed by atoms with Gasteiger partial charge in [0.2, 0.25) is 10.0 Å². The maximum absolute atomic E-state index is 13.3. The Hall–Kier alpha value is -0.980. The molecule has 0 amide bonds. The summed E-state index contributed by atoms with van der Waals surface area (Å²) < 4.78 is 41.2. The van der Waals surface area contributed by atoms with Gasteiger partial charge in [0.15, 0.2) is 0 Å². The molecule has 4 nitrogen and oxygen atoms in total. The number of benzene rings is 1. The summed E-state index contributed by atoms with van der Waals surface area (Å²) in [5.41, 5.74) is 0.900. The molecule has 1 aromatic rings. The van der Waals surface area contributed by atoms with Crippen molar-refractivity contribution >= 4 is 10.0 Å². The molecule has 6 heteroatoms. The lowest BCUT2D eigenvalue weighted by atomic mass is 10.1. The number of likely N-dealkylation sites (tertiary alicyclic amines) is 1. The molecule has 1 aliphatic rings. The summed E-state index contributed by atoms with van der Waals surface area (Å²) in [5, 5.41) is 0. The highest BCUT2D eigenvalue weighted by Crippen LogP contribution is 2.22. The van der Waals surface area contributed by atoms with Gasteiger partial charge in [-0.3, -0.25) is 0 Å². The lowest BCUT2D eigenvalue weighted by Crippen LogP contribution is -2.44. The molecular weight excluding hydrogens is 291 g/mol. The average Bonchev–Trinajstić information content (AvgIpc) is 2.37. The maximum atomic E-state index is 13.3. The van der Waals surface area contributed by atoms with Gasteiger partial charge < -0.3 is 4.90 Å². The molecule has 118 valence electrons. The van der Waals surface area contributed by atoms with Gasteiger partial charge in [-0.05, 0) is 69.6 Å². The van der Waals surface area contributed by atoms with Gasteiger partial charge in [-0.15, -0.1) is 0 Å². The van der Waals surface area contributed by atoms with Crippen molar-refractivity contribution in [2.45, 2.75) is 44.6 Å². The Morgan fingerprint density at radius 1 is 1.24 bits per heavy atom. The predicted molar refractivity (Wildman–Crippen MR) is 81.3 cm³/mol. The average molecular weight is 314 g/mol. The number of piperidine rings is 1. The minimum absolute atomic E-state index is 0.0401. The number of hydrogen-bond acceptors (Lipinski definition) is 3. The molecule has 1 fully saturated rings. The zero-order valence-corrected chi connectivity index (χ0v) is 13.6. The molecule has 1 saturated heterocycles. The monoisotopic (exact) mass is 314 g/mol. The van der Waals surface area contributed by atoms with E-state index in [4.69, 9.17) is 0 Å². The van der Waals surface area contributed by atoms with Gasteiger partial charge in [-0.2, -0.15) is 0 Å². The van der Waals surface area contributed by atoms with E-state index >= 15 is 0 Å². The summed E-state index contributed by atoms with van der Waals surface area (Å²) in [7, 11) is -3.60. The number of sulfonamides is 1. The van der Waals surface area contributed by atoms with Gasteiger partial charge >= 0.3 is 0 Å². The van der Waals surface area contributed by atoms with E-state index in [0.29, 0.717) is 11.1 Å². The maximum Gasteiger partial charge on any atom is 0.241 e. The summed E-state index contributed by atoms with van der Waals surface area (Å²) in [6.45, 7) is 8.18. The first-order valence-electron chi connectivity index (χ1n) is 7.35. The first-order valence-corrected chi connectivity index (χ1v) is 8.83. The normalized spacial score (nSPS) is 18.1. The van der Waals surface area contributed by atoms with Crippen LogP contribution in [0.15, 0.2) is 17.0 Å². The van der Waals surface area contributed by atoms with Crippen LogP contribution in [0.5, 0.6) is 0 Å². The fraction of sp³-hybridized carbons (Fsp3) is 0.600. The zero-order chi connectivity index (χ0) is 15.6. The zero-order valence-electron chi connectivity index (χ0n) is 12.8. The summed E-state index contributed by atoms with van der Waals surface area (Å²) in [6.07, 6.45) is 1.62. The molecule has 0 aliphatic carbocycles. The molecular formula is C15H23FN2O2S. The Morgan fingerprint density at radius 2 is 1.76 bits per heavy atom. The number of aryl methyl sites for hydroxylation is 2. The molecule has 0 spiro atoms. The quantitative estimate of drug-likeness (QED) is 0.927. The highest BCUT2D eigenvalue weighted by atomic mass is 32.2. The molecule has 0 radical (unpaired) electrons. The second kappa shape index (κ2) is 6.42. The van der Waals surface area contributed by atoms with E-state index in [-0.39, 0.29) is 10.9 Å². The van der Waals surface area contributed by atoms with Crippen molar-refractivity contribution in [3.8, 4) is 0 Å². The van der Waals surface area contributed by atoms with Crippen LogP contribution in [0.2, 0.25) is 0 Å². The smallest absolute Gasteiger partial charge is 0.241 e. The third-order valence-corrected chi connectivity index (χ3v) is 5.88. The largest absolute Gasteiger partial charge is 0.303 e. The second-order valence-electron chi connectivity index (χ2n) is 5.70. The van der Waals surface area contributed by atoms with Crippen molar-refractivity contribution in [2.24, 2.45) is 0 Å². The van der Waals surface area contributed by atoms with Crippen molar-refractivity contribution in [3.05, 3.63) is 29.1 Å². The first kappa shape index (κ1) is 16.4. The highest BCUT2D eigenvalue weighted by molar-refractivity contribution is 7.89. The number of hydrogen-bond donors (Lipinski definition) is 1. The van der Waals surface area contributed by atoms with E-state index in [1.54, 1.807) is 13.8 Å². The van der Waals surface area contributed by atoms with Gasteiger partial charge in [0, 0.05) is 6.04 Å². The fourth-order valence-electron chi connectivity index (χ4n) is 2.97. The van der Waals surface area contributed by atoms with Crippen molar-refractivity contribution in [1.82, 2.24) is 9.62 Å². The summed E-state index contributed by atoms with van der Waals surface area (Å²) >= 11 is 0. The predicted octanol–water partition coefficient (Wildman–Crippen LogP) is 2.21. The molecule has 0 atom stereocenters. The second-order valence-corrected chi connectivity index (χ2v) is 7.35. The molecule has 21 heavy (non-hydrogen) atoms. The summed E-state index contributed by atoms with van der Waals surface area (Å²) in [6, 6.07) is 2.49. The Labute approximate surface area is 126 Å². The molecule has 0 saturated carbocycles. The van der Waals surface area contributed by atoms with Crippen molar-refractivity contribution in [2.75, 3.05) is 19.6 Å². The minimum Gasteiger partial charge on any atom is -0.303 e. The topological polar surface area (TPSA) is 49.4 Å². The van der Waals surface area contributed by atoms with E-state index in [2.05, 4.69) is 16.5 Å². The van der Waals surface area contributed by atoms with Crippen LogP contribution in [0.3, 0.4) is 0 Å². The highest BCUT2D eigenvalue weighted by Gasteiger charge is 2.26. The van der Waals surface area contributed by atoms with E-state index in [1.165, 1.54) is 12.1 Å². The van der Waals surface area contributed by atoms with Crippen LogP contribution in [-0.4, -0.2) is 39.0 Å². The summed E-state index contributed by atoms with van der Waals surface area (Å²) in [5.74, 6) is -0.403. The molecule has 2 rings (SSSR count). The number of nitrogens with one attached hydrogen (secondary N) is 1. The lowest BCUT2D eigenvalue weighted by Gasteiger charge is -2.31. The van der Waals surface area contributed by atoms with Gasteiger partial charge in [0.1, 0.15) is 5.82 Å². The molecule has 0 unspecified atom stereocenters. The van der Waals surface area contributed by atoms with Crippen LogP contribution in [0.25, 0.3) is 0 Å². The number of nitrogens with zero attached hydrogens (tertiary/aromatic N) is 1. The summed E-state index contributed by atoms with van der Waals surface area (Å²) in [4.78, 5) is 2.51. The Bertz CT molecular complexity index is 585. The first-order chi connectivity index (χ1) is 9.83. The number of halogens is 1. The van der Waals surface area contributed by atoms with E-state index < -0.39 is 15.8 Å². The van der Waals surface area contributed by atoms with Gasteiger partial charge in [-0.1, -0.05) is 6.92 Å². The van der Waals surface area contributed by atoms with Crippen molar-refractivity contribution in [3.63, 3.8) is 0 Å². The van der Waals surface area contributed by atoms with Gasteiger partial charge in [0.25, 0.3) is 0 Å². The Kier molecular flexibility index (Phi) is 5.01. The minimum atomic E-state index is -3.60. The Balaban J connectivity index is 2.16. The van der Waals surface area contributed by atoms with Crippen LogP contribution in [0, 0.1) is 19.7 Å². The lowest BCUT2D eigenvalue weighted by molar-refractivity contribution is 0.217. The van der Waals surface area contributed by atoms with Crippen molar-refractivity contribution < 1.29 is 12.8 Å². The number of rotatable bonds is 4. The molecule has 0 bridgehead atoms. The third kappa shape index (κ3) is 3.81. The van der Waals surface area contributed by atoms with Gasteiger partial charge in [0.05, 0.1) is 4.90 Å². The van der Waals surface area contributed by atoms with E-state index in [9.17, 15) is 12.8 Å². The van der Waals surface area contributed by atoms with E-state index in [1.807, 2.05) is 0 Å². The van der Waals surface area contributed by atoms with E-state index in [0.717, 1.165) is 32.5 Å². The van der Waals surface area contributed by atoms with Crippen LogP contribution < -0.4 is 4.72 Å². The molecule has 1 aromatic carbocycles. The molecule has 1 heterocycles.